The molecule has 0 aliphatic rings. The summed E-state index contributed by atoms with van der Waals surface area (Å²) in [5.74, 6) is 0.0797. The number of hydrogen-bond donors (Lipinski definition) is 1. The van der Waals surface area contributed by atoms with E-state index in [-0.39, 0.29) is 24.9 Å². The molecule has 1 amide bonds. The summed E-state index contributed by atoms with van der Waals surface area (Å²) in [5.41, 5.74) is 2.87. The average molecular weight is 393 g/mol. The average Bonchev–Trinajstić information content (AvgIpc) is 3.28. The van der Waals surface area contributed by atoms with Crippen molar-refractivity contribution < 1.29 is 23.5 Å². The topological polar surface area (TPSA) is 77.8 Å². The Morgan fingerprint density at radius 1 is 1.03 bits per heavy atom. The van der Waals surface area contributed by atoms with Crippen LogP contribution in [-0.4, -0.2) is 25.1 Å². The summed E-state index contributed by atoms with van der Waals surface area (Å²) in [6.45, 7) is 4.29. The van der Waals surface area contributed by atoms with E-state index < -0.39 is 5.97 Å². The highest BCUT2D eigenvalue weighted by atomic mass is 16.6. The number of hydrogen-bond acceptors (Lipinski definition) is 5. The van der Waals surface area contributed by atoms with Crippen LogP contribution in [0.1, 0.15) is 39.0 Å². The van der Waals surface area contributed by atoms with Crippen molar-refractivity contribution in [1.29, 1.82) is 0 Å². The van der Waals surface area contributed by atoms with Gasteiger partial charge in [0.25, 0.3) is 5.91 Å². The van der Waals surface area contributed by atoms with Crippen LogP contribution >= 0.6 is 0 Å². The van der Waals surface area contributed by atoms with E-state index in [0.717, 1.165) is 17.7 Å². The molecule has 0 bridgehead atoms. The SMILES string of the molecule is CCc1cccc(OCCOC(=O)c2ccc(C)c(NC(=O)c3ccco3)c2)c1. The minimum Gasteiger partial charge on any atom is -0.490 e. The van der Waals surface area contributed by atoms with Crippen LogP contribution in [0, 0.1) is 6.92 Å². The number of carbonyl (C=O) groups is 2. The molecule has 3 aromatic rings. The summed E-state index contributed by atoms with van der Waals surface area (Å²) < 4.78 is 16.0. The van der Waals surface area contributed by atoms with Gasteiger partial charge in [-0.15, -0.1) is 0 Å². The number of rotatable bonds is 8. The minimum atomic E-state index is -0.482. The Morgan fingerprint density at radius 2 is 1.90 bits per heavy atom. The Kier molecular flexibility index (Phi) is 6.68. The quantitative estimate of drug-likeness (QED) is 0.446. The van der Waals surface area contributed by atoms with Crippen LogP contribution in [0.15, 0.2) is 65.3 Å². The van der Waals surface area contributed by atoms with Crippen LogP contribution in [0.2, 0.25) is 0 Å². The number of aryl methyl sites for hydroxylation is 2. The molecule has 0 unspecified atom stereocenters. The van der Waals surface area contributed by atoms with Crippen molar-refractivity contribution in [1.82, 2.24) is 0 Å². The van der Waals surface area contributed by atoms with Gasteiger partial charge in [-0.25, -0.2) is 4.79 Å². The van der Waals surface area contributed by atoms with Gasteiger partial charge in [-0.05, 0) is 60.9 Å². The van der Waals surface area contributed by atoms with Gasteiger partial charge in [0.15, 0.2) is 5.76 Å². The molecule has 0 saturated carbocycles. The molecule has 6 heteroatoms. The number of nitrogens with one attached hydrogen (secondary N) is 1. The highest BCUT2D eigenvalue weighted by Gasteiger charge is 2.14. The maximum Gasteiger partial charge on any atom is 0.338 e. The highest BCUT2D eigenvalue weighted by molar-refractivity contribution is 6.03. The molecule has 0 atom stereocenters. The standard InChI is InChI=1S/C23H23NO5/c1-3-17-6-4-7-19(14-17)27-12-13-29-23(26)18-10-9-16(2)20(15-18)24-22(25)21-8-5-11-28-21/h4-11,14-15H,3,12-13H2,1-2H3,(H,24,25). The second-order valence-corrected chi connectivity index (χ2v) is 6.45. The van der Waals surface area contributed by atoms with E-state index in [9.17, 15) is 9.59 Å². The minimum absolute atomic E-state index is 0.122. The molecule has 2 aromatic carbocycles. The molecule has 150 valence electrons. The first kappa shape index (κ1) is 20.2. The lowest BCUT2D eigenvalue weighted by Gasteiger charge is -2.11. The van der Waals surface area contributed by atoms with E-state index in [1.165, 1.54) is 11.8 Å². The maximum atomic E-state index is 12.3. The van der Waals surface area contributed by atoms with Crippen molar-refractivity contribution in [3.8, 4) is 5.75 Å². The predicted octanol–water partition coefficient (Wildman–Crippen LogP) is 4.64. The number of esters is 1. The van der Waals surface area contributed by atoms with Crippen molar-refractivity contribution in [2.24, 2.45) is 0 Å². The monoisotopic (exact) mass is 393 g/mol. The number of furan rings is 1. The van der Waals surface area contributed by atoms with E-state index in [1.807, 2.05) is 31.2 Å². The number of ether oxygens (including phenoxy) is 2. The third-order valence-electron chi connectivity index (χ3n) is 4.36. The van der Waals surface area contributed by atoms with Gasteiger partial charge in [0.1, 0.15) is 19.0 Å². The molecule has 0 saturated heterocycles. The second-order valence-electron chi connectivity index (χ2n) is 6.45. The van der Waals surface area contributed by atoms with Gasteiger partial charge in [0.05, 0.1) is 11.8 Å². The van der Waals surface area contributed by atoms with Crippen molar-refractivity contribution in [2.45, 2.75) is 20.3 Å². The first-order valence-corrected chi connectivity index (χ1v) is 9.41. The molecule has 0 spiro atoms. The van der Waals surface area contributed by atoms with Gasteiger partial charge < -0.3 is 19.2 Å². The van der Waals surface area contributed by atoms with E-state index in [1.54, 1.807) is 30.3 Å². The molecule has 6 nitrogen and oxygen atoms in total. The number of carbonyl (C=O) groups excluding carboxylic acids is 2. The number of anilines is 1. The Balaban J connectivity index is 1.54. The van der Waals surface area contributed by atoms with Crippen molar-refractivity contribution in [3.05, 3.63) is 83.3 Å². The normalized spacial score (nSPS) is 10.4. The Morgan fingerprint density at radius 3 is 2.66 bits per heavy atom. The molecular weight excluding hydrogens is 370 g/mol. The highest BCUT2D eigenvalue weighted by Crippen LogP contribution is 2.19. The summed E-state index contributed by atoms with van der Waals surface area (Å²) in [4.78, 5) is 24.5. The van der Waals surface area contributed by atoms with Gasteiger partial charge in [-0.1, -0.05) is 25.1 Å². The summed E-state index contributed by atoms with van der Waals surface area (Å²) in [7, 11) is 0. The van der Waals surface area contributed by atoms with Crippen molar-refractivity contribution in [2.75, 3.05) is 18.5 Å². The van der Waals surface area contributed by atoms with Gasteiger partial charge in [0.2, 0.25) is 0 Å². The van der Waals surface area contributed by atoms with Crippen LogP contribution in [0.5, 0.6) is 5.75 Å². The maximum absolute atomic E-state index is 12.3. The number of amides is 1. The van der Waals surface area contributed by atoms with Crippen LogP contribution in [0.4, 0.5) is 5.69 Å². The third kappa shape index (κ3) is 5.48. The van der Waals surface area contributed by atoms with Crippen LogP contribution in [0.25, 0.3) is 0 Å². The van der Waals surface area contributed by atoms with E-state index in [0.29, 0.717) is 11.3 Å². The second kappa shape index (κ2) is 9.59. The van der Waals surface area contributed by atoms with Gasteiger partial charge >= 0.3 is 5.97 Å². The van der Waals surface area contributed by atoms with Crippen LogP contribution in [-0.2, 0) is 11.2 Å². The third-order valence-corrected chi connectivity index (χ3v) is 4.36. The van der Waals surface area contributed by atoms with Gasteiger partial charge in [-0.2, -0.15) is 0 Å². The zero-order chi connectivity index (χ0) is 20.6. The molecule has 1 aromatic heterocycles. The molecule has 0 aliphatic carbocycles. The zero-order valence-electron chi connectivity index (χ0n) is 16.4. The summed E-state index contributed by atoms with van der Waals surface area (Å²) >= 11 is 0. The Bertz CT molecular complexity index is 979. The predicted molar refractivity (Wildman–Crippen MR) is 109 cm³/mol. The molecule has 0 radical (unpaired) electrons. The lowest BCUT2D eigenvalue weighted by Crippen LogP contribution is -2.15. The molecule has 29 heavy (non-hydrogen) atoms. The molecule has 1 N–H and O–H groups in total. The fourth-order valence-corrected chi connectivity index (χ4v) is 2.71. The fraction of sp³-hybridized carbons (Fsp3) is 0.217. The smallest absolute Gasteiger partial charge is 0.338 e. The van der Waals surface area contributed by atoms with Crippen LogP contribution < -0.4 is 10.1 Å². The first-order valence-electron chi connectivity index (χ1n) is 9.41. The lowest BCUT2D eigenvalue weighted by molar-refractivity contribution is 0.0450. The zero-order valence-corrected chi connectivity index (χ0v) is 16.4. The van der Waals surface area contributed by atoms with Gasteiger partial charge in [0, 0.05) is 5.69 Å². The number of benzene rings is 2. The summed E-state index contributed by atoms with van der Waals surface area (Å²) in [6, 6.07) is 16.0. The first-order chi connectivity index (χ1) is 14.1. The molecule has 0 aliphatic heterocycles. The Hall–Kier alpha value is -3.54. The summed E-state index contributed by atoms with van der Waals surface area (Å²) in [5, 5.41) is 2.74. The van der Waals surface area contributed by atoms with E-state index >= 15 is 0 Å². The lowest BCUT2D eigenvalue weighted by atomic mass is 10.1. The molecule has 3 rings (SSSR count). The Labute approximate surface area is 169 Å². The fourth-order valence-electron chi connectivity index (χ4n) is 2.71. The van der Waals surface area contributed by atoms with E-state index in [4.69, 9.17) is 13.9 Å². The van der Waals surface area contributed by atoms with Crippen LogP contribution in [0.3, 0.4) is 0 Å². The summed E-state index contributed by atoms with van der Waals surface area (Å²) in [6.07, 6.45) is 2.36. The van der Waals surface area contributed by atoms with Crippen molar-refractivity contribution in [3.63, 3.8) is 0 Å². The molecular formula is C23H23NO5. The van der Waals surface area contributed by atoms with E-state index in [2.05, 4.69) is 12.2 Å². The largest absolute Gasteiger partial charge is 0.490 e. The molecule has 0 fully saturated rings. The van der Waals surface area contributed by atoms with Gasteiger partial charge in [-0.3, -0.25) is 4.79 Å². The molecule has 1 heterocycles. The van der Waals surface area contributed by atoms with Crippen molar-refractivity contribution >= 4 is 17.6 Å².